The van der Waals surface area contributed by atoms with Gasteiger partial charge in [-0.2, -0.15) is 0 Å². The number of carbonyl (C=O) groups is 2. The molecule has 4 N–H and O–H groups in total. The van der Waals surface area contributed by atoms with Crippen LogP contribution in [0.15, 0.2) is 0 Å². The van der Waals surface area contributed by atoms with Crippen molar-refractivity contribution in [2.24, 2.45) is 5.73 Å². The van der Waals surface area contributed by atoms with Crippen molar-refractivity contribution in [3.63, 3.8) is 0 Å². The number of nitrogens with two attached hydrogens (primary N) is 1. The topological polar surface area (TPSA) is 120 Å². The van der Waals surface area contributed by atoms with Crippen LogP contribution in [0.4, 0.5) is 0 Å². The van der Waals surface area contributed by atoms with Crippen molar-refractivity contribution in [3.05, 3.63) is 0 Å². The highest BCUT2D eigenvalue weighted by Gasteiger charge is 2.39. The molecule has 8 heteroatoms. The van der Waals surface area contributed by atoms with Crippen LogP contribution in [0, 0.1) is 0 Å². The summed E-state index contributed by atoms with van der Waals surface area (Å²) >= 11 is 0. The summed E-state index contributed by atoms with van der Waals surface area (Å²) in [4.78, 5) is 22.6. The number of aliphatic hydroxyl groups is 1. The van der Waals surface area contributed by atoms with Gasteiger partial charge < -0.3 is 30.4 Å². The lowest BCUT2D eigenvalue weighted by Gasteiger charge is -2.23. The molecule has 2 saturated heterocycles. The van der Waals surface area contributed by atoms with Gasteiger partial charge in [-0.05, 0) is 12.8 Å². The van der Waals surface area contributed by atoms with Crippen LogP contribution in [0.5, 0.6) is 0 Å². The Bertz CT molecular complexity index is 708. The second-order valence-corrected chi connectivity index (χ2v) is 13.2. The van der Waals surface area contributed by atoms with Gasteiger partial charge in [-0.1, -0.05) is 142 Å². The van der Waals surface area contributed by atoms with Crippen molar-refractivity contribution in [3.8, 4) is 0 Å². The summed E-state index contributed by atoms with van der Waals surface area (Å²) in [5, 5.41) is 12.6. The second kappa shape index (κ2) is 26.9. The monoisotopic (exact) mass is 627 g/mol. The van der Waals surface area contributed by atoms with E-state index in [1.165, 1.54) is 129 Å². The van der Waals surface area contributed by atoms with E-state index in [1.54, 1.807) is 0 Å². The SMILES string of the molecule is CCCCCCCCCCCC[C@H]1OC[C@H](N)[C@@H]1O.CCCCCCCCCCCC[C@H]1OC[C@H](NC(C)=O)[C@@H]1OC(C)=O. The Morgan fingerprint density at radius 1 is 0.682 bits per heavy atom. The third kappa shape index (κ3) is 20.0. The Hall–Kier alpha value is -1.22. The predicted molar refractivity (Wildman–Crippen MR) is 180 cm³/mol. The molecule has 0 radical (unpaired) electrons. The summed E-state index contributed by atoms with van der Waals surface area (Å²) in [5.41, 5.74) is 5.71. The molecule has 0 aromatic carbocycles. The minimum absolute atomic E-state index is 0.0101. The number of carbonyl (C=O) groups excluding carboxylic acids is 2. The van der Waals surface area contributed by atoms with Crippen molar-refractivity contribution in [2.45, 2.75) is 205 Å². The van der Waals surface area contributed by atoms with Gasteiger partial charge in [0.2, 0.25) is 5.91 Å². The van der Waals surface area contributed by atoms with Crippen LogP contribution in [0.2, 0.25) is 0 Å². The summed E-state index contributed by atoms with van der Waals surface area (Å²) in [6, 6.07) is -0.400. The summed E-state index contributed by atoms with van der Waals surface area (Å²) in [6.45, 7) is 8.32. The minimum Gasteiger partial charge on any atom is -0.457 e. The van der Waals surface area contributed by atoms with E-state index in [0.717, 1.165) is 25.7 Å². The Morgan fingerprint density at radius 3 is 1.48 bits per heavy atom. The maximum Gasteiger partial charge on any atom is 0.303 e. The van der Waals surface area contributed by atoms with Crippen LogP contribution in [-0.4, -0.2) is 66.7 Å². The summed E-state index contributed by atoms with van der Waals surface area (Å²) in [5.74, 6) is -0.440. The van der Waals surface area contributed by atoms with E-state index < -0.39 is 6.10 Å². The Kier molecular flexibility index (Phi) is 25.0. The third-order valence-corrected chi connectivity index (χ3v) is 8.95. The van der Waals surface area contributed by atoms with E-state index in [0.29, 0.717) is 13.2 Å². The first kappa shape index (κ1) is 40.8. The van der Waals surface area contributed by atoms with Gasteiger partial charge in [0, 0.05) is 13.8 Å². The lowest BCUT2D eigenvalue weighted by molar-refractivity contribution is -0.150. The third-order valence-electron chi connectivity index (χ3n) is 8.95. The maximum absolute atomic E-state index is 11.3. The van der Waals surface area contributed by atoms with Gasteiger partial charge in [0.15, 0.2) is 6.10 Å². The fourth-order valence-electron chi connectivity index (χ4n) is 6.29. The molecule has 44 heavy (non-hydrogen) atoms. The van der Waals surface area contributed by atoms with Gasteiger partial charge in [-0.15, -0.1) is 0 Å². The predicted octanol–water partition coefficient (Wildman–Crippen LogP) is 7.52. The van der Waals surface area contributed by atoms with Crippen molar-refractivity contribution in [1.29, 1.82) is 0 Å². The highest BCUT2D eigenvalue weighted by molar-refractivity contribution is 5.73. The molecule has 0 spiro atoms. The molecule has 2 aliphatic rings. The normalized spacial score (nSPS) is 24.6. The number of aliphatic hydroxyl groups excluding tert-OH is 1. The van der Waals surface area contributed by atoms with Crippen molar-refractivity contribution in [1.82, 2.24) is 5.32 Å². The molecule has 2 rings (SSSR count). The Morgan fingerprint density at radius 2 is 1.09 bits per heavy atom. The van der Waals surface area contributed by atoms with Crippen molar-refractivity contribution in [2.75, 3.05) is 13.2 Å². The largest absolute Gasteiger partial charge is 0.457 e. The molecule has 0 bridgehead atoms. The van der Waals surface area contributed by atoms with Crippen LogP contribution in [0.3, 0.4) is 0 Å². The molecule has 0 aromatic heterocycles. The Labute approximate surface area is 270 Å². The molecule has 6 atom stereocenters. The fraction of sp³-hybridized carbons (Fsp3) is 0.944. The van der Waals surface area contributed by atoms with E-state index in [9.17, 15) is 14.7 Å². The van der Waals surface area contributed by atoms with E-state index in [4.69, 9.17) is 19.9 Å². The average Bonchev–Trinajstić information content (AvgIpc) is 3.51. The number of rotatable bonds is 24. The number of hydrogen-bond acceptors (Lipinski definition) is 7. The molecule has 0 aliphatic carbocycles. The molecule has 2 aliphatic heterocycles. The van der Waals surface area contributed by atoms with Gasteiger partial charge >= 0.3 is 5.97 Å². The van der Waals surface area contributed by atoms with Gasteiger partial charge in [0.25, 0.3) is 0 Å². The number of unbranched alkanes of at least 4 members (excludes halogenated alkanes) is 18. The summed E-state index contributed by atoms with van der Waals surface area (Å²) < 4.78 is 16.7. The van der Waals surface area contributed by atoms with Crippen LogP contribution in [0.1, 0.15) is 169 Å². The first-order chi connectivity index (χ1) is 21.3. The minimum atomic E-state index is -0.446. The second-order valence-electron chi connectivity index (χ2n) is 13.2. The van der Waals surface area contributed by atoms with Crippen LogP contribution < -0.4 is 11.1 Å². The zero-order chi connectivity index (χ0) is 32.4. The maximum atomic E-state index is 11.3. The molecular weight excluding hydrogens is 556 g/mol. The van der Waals surface area contributed by atoms with Gasteiger partial charge in [-0.25, -0.2) is 0 Å². The molecule has 0 aromatic rings. The van der Waals surface area contributed by atoms with Crippen molar-refractivity contribution >= 4 is 11.9 Å². The molecule has 1 amide bonds. The molecule has 8 nitrogen and oxygen atoms in total. The highest BCUT2D eigenvalue weighted by Crippen LogP contribution is 2.24. The molecule has 260 valence electrons. The molecule has 0 saturated carbocycles. The Balaban J connectivity index is 0.000000457. The number of esters is 1. The van der Waals surface area contributed by atoms with Gasteiger partial charge in [0.1, 0.15) is 0 Å². The summed E-state index contributed by atoms with van der Waals surface area (Å²) in [7, 11) is 0. The quantitative estimate of drug-likeness (QED) is 0.0749. The van der Waals surface area contributed by atoms with E-state index >= 15 is 0 Å². The van der Waals surface area contributed by atoms with E-state index in [-0.39, 0.29) is 42.3 Å². The van der Waals surface area contributed by atoms with E-state index in [2.05, 4.69) is 19.2 Å². The molecule has 2 heterocycles. The molecule has 0 unspecified atom stereocenters. The van der Waals surface area contributed by atoms with Crippen LogP contribution >= 0.6 is 0 Å². The van der Waals surface area contributed by atoms with Gasteiger partial charge in [-0.3, -0.25) is 9.59 Å². The van der Waals surface area contributed by atoms with Crippen LogP contribution in [-0.2, 0) is 23.8 Å². The molecule has 2 fully saturated rings. The smallest absolute Gasteiger partial charge is 0.303 e. The summed E-state index contributed by atoms with van der Waals surface area (Å²) in [6.07, 6.45) is 27.3. The average molecular weight is 627 g/mol. The number of amides is 1. The zero-order valence-electron chi connectivity index (χ0n) is 29.0. The number of ether oxygens (including phenoxy) is 3. The molecular formula is C36H70N2O6. The first-order valence-corrected chi connectivity index (χ1v) is 18.4. The highest BCUT2D eigenvalue weighted by atomic mass is 16.6. The van der Waals surface area contributed by atoms with E-state index in [1.807, 2.05) is 0 Å². The lowest BCUT2D eigenvalue weighted by Crippen LogP contribution is -2.45. The zero-order valence-corrected chi connectivity index (χ0v) is 29.0. The standard InChI is InChI=1S/C20H37NO4.C16H33NO2/c1-4-5-6-7-8-9-10-11-12-13-14-19-20(25-17(3)23)18(15-24-19)21-16(2)22;1-2-3-4-5-6-7-8-9-10-11-12-15-16(18)14(17)13-19-15/h18-20H,4-15H2,1-3H3,(H,21,22);14-16,18H,2-13,17H2,1H3/t18-,19+,20-;14-,15+,16-/m00/s1. The lowest BCUT2D eigenvalue weighted by atomic mass is 10.0. The fourth-order valence-corrected chi connectivity index (χ4v) is 6.29. The number of hydrogen-bond donors (Lipinski definition) is 3. The van der Waals surface area contributed by atoms with Gasteiger partial charge in [0.05, 0.1) is 43.6 Å². The first-order valence-electron chi connectivity index (χ1n) is 18.4. The van der Waals surface area contributed by atoms with Crippen LogP contribution in [0.25, 0.3) is 0 Å². The number of nitrogens with one attached hydrogen (secondary N) is 1. The van der Waals surface area contributed by atoms with Crippen molar-refractivity contribution < 1.29 is 28.9 Å².